The zero-order valence-corrected chi connectivity index (χ0v) is 21.4. The summed E-state index contributed by atoms with van der Waals surface area (Å²) in [6.07, 6.45) is 2.34. The molecule has 1 N–H and O–H groups in total. The molecule has 1 aliphatic rings. The SMILES string of the molecule is CCCCc1nc2c(n1Cc1ccc(-c3ccccc3C(=O)O)cc1)C(=O)C(C)=C(C(=O)N(C)C)C2=O. The molecule has 0 spiro atoms. The average molecular weight is 500 g/mol. The normalized spacial score (nSPS) is 13.1. The van der Waals surface area contributed by atoms with Crippen LogP contribution in [0.4, 0.5) is 0 Å². The lowest BCUT2D eigenvalue weighted by atomic mass is 9.90. The predicted molar refractivity (Wildman–Crippen MR) is 139 cm³/mol. The summed E-state index contributed by atoms with van der Waals surface area (Å²) in [7, 11) is 3.08. The second kappa shape index (κ2) is 10.3. The molecule has 0 saturated carbocycles. The number of aromatic carboxylic acids is 1. The summed E-state index contributed by atoms with van der Waals surface area (Å²) in [6, 6.07) is 14.3. The van der Waals surface area contributed by atoms with E-state index < -0.39 is 17.7 Å². The molecule has 8 heteroatoms. The standard InChI is InChI=1S/C29H29N3O5/c1-5-6-11-22-30-24-25(26(33)17(2)23(27(24)34)28(35)31(3)4)32(22)16-18-12-14-19(15-13-18)20-9-7-8-10-21(20)29(36)37/h7-10,12-15H,5-6,11,16H2,1-4H3,(H,36,37). The van der Waals surface area contributed by atoms with Crippen LogP contribution in [0.1, 0.15) is 69.4 Å². The topological polar surface area (TPSA) is 110 Å². The van der Waals surface area contributed by atoms with Crippen molar-refractivity contribution in [3.05, 3.63) is 88.0 Å². The van der Waals surface area contributed by atoms with E-state index in [1.54, 1.807) is 42.9 Å². The zero-order chi connectivity index (χ0) is 26.9. The van der Waals surface area contributed by atoms with Crippen molar-refractivity contribution in [2.45, 2.75) is 39.7 Å². The van der Waals surface area contributed by atoms with Gasteiger partial charge >= 0.3 is 5.97 Å². The number of hydrogen-bond donors (Lipinski definition) is 1. The van der Waals surface area contributed by atoms with Crippen molar-refractivity contribution in [1.29, 1.82) is 0 Å². The van der Waals surface area contributed by atoms with Gasteiger partial charge < -0.3 is 14.6 Å². The molecule has 2 aromatic carbocycles. The van der Waals surface area contributed by atoms with Gasteiger partial charge in [-0.3, -0.25) is 14.4 Å². The van der Waals surface area contributed by atoms with Gasteiger partial charge in [-0.25, -0.2) is 9.78 Å². The maximum Gasteiger partial charge on any atom is 0.336 e. The molecular weight excluding hydrogens is 470 g/mol. The van der Waals surface area contributed by atoms with E-state index in [4.69, 9.17) is 0 Å². The maximum absolute atomic E-state index is 13.4. The summed E-state index contributed by atoms with van der Waals surface area (Å²) in [5.41, 5.74) is 2.70. The number of rotatable bonds is 8. The molecule has 0 unspecified atom stereocenters. The molecule has 1 aliphatic carbocycles. The quantitative estimate of drug-likeness (QED) is 0.460. The minimum absolute atomic E-state index is 0.0268. The van der Waals surface area contributed by atoms with Crippen LogP contribution in [0.25, 0.3) is 11.1 Å². The van der Waals surface area contributed by atoms with Gasteiger partial charge in [0.1, 0.15) is 17.2 Å². The van der Waals surface area contributed by atoms with Crippen LogP contribution in [0, 0.1) is 0 Å². The minimum Gasteiger partial charge on any atom is -0.478 e. The number of ketones is 2. The molecular formula is C29H29N3O5. The fourth-order valence-electron chi connectivity index (χ4n) is 4.54. The number of aryl methyl sites for hydroxylation is 1. The number of amides is 1. The predicted octanol–water partition coefficient (Wildman–Crippen LogP) is 4.42. The Balaban J connectivity index is 1.74. The number of carboxylic acids is 1. The number of benzene rings is 2. The third kappa shape index (κ3) is 4.74. The van der Waals surface area contributed by atoms with Crippen LogP contribution in [0.3, 0.4) is 0 Å². The van der Waals surface area contributed by atoms with Gasteiger partial charge in [0.25, 0.3) is 5.91 Å². The molecule has 0 fully saturated rings. The molecule has 0 saturated heterocycles. The molecule has 37 heavy (non-hydrogen) atoms. The van der Waals surface area contributed by atoms with E-state index in [2.05, 4.69) is 11.9 Å². The van der Waals surface area contributed by atoms with E-state index in [1.807, 2.05) is 24.3 Å². The minimum atomic E-state index is -0.996. The largest absolute Gasteiger partial charge is 0.478 e. The van der Waals surface area contributed by atoms with Crippen LogP contribution >= 0.6 is 0 Å². The number of nitrogens with zero attached hydrogens (tertiary/aromatic N) is 3. The second-order valence-corrected chi connectivity index (χ2v) is 9.32. The maximum atomic E-state index is 13.4. The van der Waals surface area contributed by atoms with Crippen molar-refractivity contribution in [2.24, 2.45) is 0 Å². The molecule has 1 aromatic heterocycles. The third-order valence-corrected chi connectivity index (χ3v) is 6.56. The number of unbranched alkanes of at least 4 members (excludes halogenated alkanes) is 1. The van der Waals surface area contributed by atoms with E-state index in [9.17, 15) is 24.3 Å². The summed E-state index contributed by atoms with van der Waals surface area (Å²) in [6.45, 7) is 3.87. The first-order chi connectivity index (χ1) is 17.6. The van der Waals surface area contributed by atoms with Gasteiger partial charge in [0.2, 0.25) is 11.6 Å². The fraction of sp³-hybridized carbons (Fsp3) is 0.276. The highest BCUT2D eigenvalue weighted by Gasteiger charge is 2.39. The van der Waals surface area contributed by atoms with Crippen molar-refractivity contribution in [1.82, 2.24) is 14.5 Å². The van der Waals surface area contributed by atoms with E-state index >= 15 is 0 Å². The summed E-state index contributed by atoms with van der Waals surface area (Å²) < 4.78 is 1.78. The van der Waals surface area contributed by atoms with Gasteiger partial charge in [0.15, 0.2) is 0 Å². The fourth-order valence-corrected chi connectivity index (χ4v) is 4.54. The van der Waals surface area contributed by atoms with Crippen molar-refractivity contribution in [3.8, 4) is 11.1 Å². The number of aromatic nitrogens is 2. The van der Waals surface area contributed by atoms with Gasteiger partial charge in [0, 0.05) is 32.6 Å². The molecule has 0 aliphatic heterocycles. The molecule has 8 nitrogen and oxygen atoms in total. The Morgan fingerprint density at radius 1 is 1.00 bits per heavy atom. The van der Waals surface area contributed by atoms with Gasteiger partial charge in [-0.1, -0.05) is 55.8 Å². The van der Waals surface area contributed by atoms with Crippen LogP contribution in [0.2, 0.25) is 0 Å². The Bertz CT molecular complexity index is 1440. The molecule has 3 aromatic rings. The molecule has 190 valence electrons. The molecule has 0 atom stereocenters. The molecule has 1 amide bonds. The molecule has 4 rings (SSSR count). The highest BCUT2D eigenvalue weighted by Crippen LogP contribution is 2.30. The second-order valence-electron chi connectivity index (χ2n) is 9.32. The van der Waals surface area contributed by atoms with E-state index in [0.717, 1.165) is 24.0 Å². The first kappa shape index (κ1) is 25.8. The Hall–Kier alpha value is -4.33. The smallest absolute Gasteiger partial charge is 0.336 e. The van der Waals surface area contributed by atoms with E-state index in [1.165, 1.54) is 11.8 Å². The Kier molecular flexibility index (Phi) is 7.20. The summed E-state index contributed by atoms with van der Waals surface area (Å²) >= 11 is 0. The Labute approximate surface area is 215 Å². The summed E-state index contributed by atoms with van der Waals surface area (Å²) in [5, 5.41) is 9.52. The van der Waals surface area contributed by atoms with Gasteiger partial charge in [-0.05, 0) is 36.1 Å². The number of likely N-dealkylation sites (N-methyl/N-ethyl adjacent to an activating group) is 1. The highest BCUT2D eigenvalue weighted by molar-refractivity contribution is 6.35. The van der Waals surface area contributed by atoms with Gasteiger partial charge in [0.05, 0.1) is 11.1 Å². The van der Waals surface area contributed by atoms with Crippen LogP contribution in [0.15, 0.2) is 59.7 Å². The van der Waals surface area contributed by atoms with Crippen molar-refractivity contribution in [2.75, 3.05) is 14.1 Å². The third-order valence-electron chi connectivity index (χ3n) is 6.56. The van der Waals surface area contributed by atoms with Crippen LogP contribution < -0.4 is 0 Å². The van der Waals surface area contributed by atoms with Gasteiger partial charge in [-0.2, -0.15) is 0 Å². The lowest BCUT2D eigenvalue weighted by molar-refractivity contribution is -0.124. The van der Waals surface area contributed by atoms with E-state index in [0.29, 0.717) is 24.4 Å². The highest BCUT2D eigenvalue weighted by atomic mass is 16.4. The van der Waals surface area contributed by atoms with Gasteiger partial charge in [-0.15, -0.1) is 0 Å². The zero-order valence-electron chi connectivity index (χ0n) is 21.4. The number of allylic oxidation sites excluding steroid dienone is 1. The van der Waals surface area contributed by atoms with Crippen molar-refractivity contribution < 1.29 is 24.3 Å². The Morgan fingerprint density at radius 3 is 2.30 bits per heavy atom. The number of imidazole rings is 1. The number of Topliss-reactive ketones (excluding diaryl/α,β-unsaturated/α-hetero) is 2. The number of fused-ring (bicyclic) bond motifs is 1. The number of hydrogen-bond acceptors (Lipinski definition) is 5. The Morgan fingerprint density at radius 2 is 1.68 bits per heavy atom. The monoisotopic (exact) mass is 499 g/mol. The molecule has 0 bridgehead atoms. The first-order valence-corrected chi connectivity index (χ1v) is 12.2. The summed E-state index contributed by atoms with van der Waals surface area (Å²) in [4.78, 5) is 56.9. The number of carbonyl (C=O) groups excluding carboxylic acids is 3. The number of carbonyl (C=O) groups is 4. The number of carboxylic acid groups (broad SMARTS) is 1. The van der Waals surface area contributed by atoms with Crippen LogP contribution in [-0.2, 0) is 17.8 Å². The van der Waals surface area contributed by atoms with Crippen LogP contribution in [0.5, 0.6) is 0 Å². The lowest BCUT2D eigenvalue weighted by Gasteiger charge is -2.20. The van der Waals surface area contributed by atoms with Crippen molar-refractivity contribution >= 4 is 23.4 Å². The average Bonchev–Trinajstić information content (AvgIpc) is 3.24. The lowest BCUT2D eigenvalue weighted by Crippen LogP contribution is -2.33. The van der Waals surface area contributed by atoms with Crippen molar-refractivity contribution in [3.63, 3.8) is 0 Å². The molecule has 0 radical (unpaired) electrons. The van der Waals surface area contributed by atoms with Crippen LogP contribution in [-0.4, -0.2) is 57.1 Å². The summed E-state index contributed by atoms with van der Waals surface area (Å²) in [5.74, 6) is -1.78. The first-order valence-electron chi connectivity index (χ1n) is 12.2. The molecule has 1 heterocycles. The van der Waals surface area contributed by atoms with E-state index in [-0.39, 0.29) is 33.9 Å².